The highest BCUT2D eigenvalue weighted by Crippen LogP contribution is 2.31. The molecule has 2 N–H and O–H groups in total. The maximum absolute atomic E-state index is 4.17. The van der Waals surface area contributed by atoms with Gasteiger partial charge < -0.3 is 10.6 Å². The third-order valence-electron chi connectivity index (χ3n) is 3.56. The van der Waals surface area contributed by atoms with Gasteiger partial charge in [0.1, 0.15) is 5.82 Å². The number of nitrogens with one attached hydrogen (secondary N) is 2. The van der Waals surface area contributed by atoms with Crippen molar-refractivity contribution in [3.8, 4) is 0 Å². The van der Waals surface area contributed by atoms with Crippen molar-refractivity contribution in [2.45, 2.75) is 12.3 Å². The minimum absolute atomic E-state index is 0.567. The number of nitrogens with zero attached hydrogens (tertiary/aromatic N) is 2. The van der Waals surface area contributed by atoms with Crippen LogP contribution in [-0.2, 0) is 7.05 Å². The molecular formula is C14H18N4. The molecule has 4 heteroatoms. The fraction of sp³-hybridized carbons (Fsp3) is 0.357. The maximum atomic E-state index is 4.17. The van der Waals surface area contributed by atoms with Gasteiger partial charge in [-0.2, -0.15) is 5.10 Å². The summed E-state index contributed by atoms with van der Waals surface area (Å²) in [5, 5.41) is 11.1. The molecule has 1 atom stereocenters. The molecule has 0 bridgehead atoms. The quantitative estimate of drug-likeness (QED) is 0.868. The predicted molar refractivity (Wildman–Crippen MR) is 74.0 cm³/mol. The Morgan fingerprint density at radius 2 is 2.28 bits per heavy atom. The summed E-state index contributed by atoms with van der Waals surface area (Å²) in [5.74, 6) is 1.64. The second-order valence-corrected chi connectivity index (χ2v) is 4.72. The van der Waals surface area contributed by atoms with Crippen molar-refractivity contribution in [2.24, 2.45) is 7.05 Å². The van der Waals surface area contributed by atoms with Gasteiger partial charge in [0.25, 0.3) is 0 Å². The number of hydrogen-bond acceptors (Lipinski definition) is 3. The lowest BCUT2D eigenvalue weighted by atomic mass is 9.91. The molecule has 0 amide bonds. The third-order valence-corrected chi connectivity index (χ3v) is 3.56. The van der Waals surface area contributed by atoms with Crippen molar-refractivity contribution in [2.75, 3.05) is 23.7 Å². The summed E-state index contributed by atoms with van der Waals surface area (Å²) in [5.41, 5.74) is 2.69. The van der Waals surface area contributed by atoms with Crippen molar-refractivity contribution in [3.05, 3.63) is 42.1 Å². The summed E-state index contributed by atoms with van der Waals surface area (Å²) in [6, 6.07) is 10.6. The summed E-state index contributed by atoms with van der Waals surface area (Å²) in [6.07, 6.45) is 2.99. The molecule has 1 aliphatic rings. The molecule has 4 nitrogen and oxygen atoms in total. The van der Waals surface area contributed by atoms with Crippen molar-refractivity contribution < 1.29 is 0 Å². The minimum atomic E-state index is 0.567. The van der Waals surface area contributed by atoms with Gasteiger partial charge in [0.2, 0.25) is 0 Å². The predicted octanol–water partition coefficient (Wildman–Crippen LogP) is 2.43. The molecule has 1 aromatic carbocycles. The van der Waals surface area contributed by atoms with E-state index in [1.54, 1.807) is 0 Å². The fourth-order valence-corrected chi connectivity index (χ4v) is 2.54. The number of aryl methyl sites for hydroxylation is 1. The van der Waals surface area contributed by atoms with Gasteiger partial charge >= 0.3 is 0 Å². The number of anilines is 2. The SMILES string of the molecule is Cn1nccc1NCC1CCNc2ccccc21. The Bertz CT molecular complexity index is 532. The van der Waals surface area contributed by atoms with E-state index in [1.165, 1.54) is 17.7 Å². The highest BCUT2D eigenvalue weighted by molar-refractivity contribution is 5.55. The first kappa shape index (κ1) is 11.1. The molecule has 0 saturated carbocycles. The Labute approximate surface area is 107 Å². The number of para-hydroxylation sites is 1. The Morgan fingerprint density at radius 1 is 1.39 bits per heavy atom. The number of benzene rings is 1. The van der Waals surface area contributed by atoms with Crippen LogP contribution in [0.15, 0.2) is 36.5 Å². The summed E-state index contributed by atoms with van der Waals surface area (Å²) >= 11 is 0. The zero-order valence-electron chi connectivity index (χ0n) is 10.6. The molecule has 1 aliphatic heterocycles. The molecule has 0 saturated heterocycles. The van der Waals surface area contributed by atoms with Gasteiger partial charge in [0.15, 0.2) is 0 Å². The molecule has 2 heterocycles. The molecule has 2 aromatic rings. The Hall–Kier alpha value is -1.97. The van der Waals surface area contributed by atoms with Crippen molar-refractivity contribution >= 4 is 11.5 Å². The van der Waals surface area contributed by atoms with E-state index in [1.807, 2.05) is 24.0 Å². The van der Waals surface area contributed by atoms with E-state index in [0.717, 1.165) is 18.9 Å². The van der Waals surface area contributed by atoms with Crippen LogP contribution in [0.4, 0.5) is 11.5 Å². The van der Waals surface area contributed by atoms with Gasteiger partial charge in [-0.25, -0.2) is 0 Å². The first-order valence-corrected chi connectivity index (χ1v) is 6.39. The van der Waals surface area contributed by atoms with Gasteiger partial charge in [0, 0.05) is 37.8 Å². The number of hydrogen-bond donors (Lipinski definition) is 2. The largest absolute Gasteiger partial charge is 0.385 e. The van der Waals surface area contributed by atoms with Crippen molar-refractivity contribution in [1.82, 2.24) is 9.78 Å². The highest BCUT2D eigenvalue weighted by atomic mass is 15.3. The van der Waals surface area contributed by atoms with Crippen LogP contribution in [0.5, 0.6) is 0 Å². The van der Waals surface area contributed by atoms with Crippen LogP contribution in [0.25, 0.3) is 0 Å². The van der Waals surface area contributed by atoms with E-state index >= 15 is 0 Å². The van der Waals surface area contributed by atoms with Gasteiger partial charge in [-0.15, -0.1) is 0 Å². The molecular weight excluding hydrogens is 224 g/mol. The Balaban J connectivity index is 1.73. The first-order valence-electron chi connectivity index (χ1n) is 6.39. The molecule has 0 spiro atoms. The van der Waals surface area contributed by atoms with E-state index in [4.69, 9.17) is 0 Å². The summed E-state index contributed by atoms with van der Waals surface area (Å²) < 4.78 is 1.87. The topological polar surface area (TPSA) is 41.9 Å². The fourth-order valence-electron chi connectivity index (χ4n) is 2.54. The molecule has 1 unspecified atom stereocenters. The van der Waals surface area contributed by atoms with E-state index in [9.17, 15) is 0 Å². The van der Waals surface area contributed by atoms with Crippen LogP contribution < -0.4 is 10.6 Å². The molecule has 1 aromatic heterocycles. The molecule has 18 heavy (non-hydrogen) atoms. The molecule has 0 aliphatic carbocycles. The van der Waals surface area contributed by atoms with Gasteiger partial charge in [0.05, 0.1) is 6.20 Å². The zero-order chi connectivity index (χ0) is 12.4. The van der Waals surface area contributed by atoms with Crippen LogP contribution in [0.3, 0.4) is 0 Å². The number of aromatic nitrogens is 2. The lowest BCUT2D eigenvalue weighted by Crippen LogP contribution is -2.22. The zero-order valence-corrected chi connectivity index (χ0v) is 10.6. The smallest absolute Gasteiger partial charge is 0.123 e. The summed E-state index contributed by atoms with van der Waals surface area (Å²) in [4.78, 5) is 0. The summed E-state index contributed by atoms with van der Waals surface area (Å²) in [7, 11) is 1.96. The average molecular weight is 242 g/mol. The van der Waals surface area contributed by atoms with Gasteiger partial charge in [-0.05, 0) is 18.1 Å². The van der Waals surface area contributed by atoms with E-state index in [2.05, 4.69) is 40.0 Å². The minimum Gasteiger partial charge on any atom is -0.385 e. The second kappa shape index (κ2) is 4.72. The second-order valence-electron chi connectivity index (χ2n) is 4.72. The highest BCUT2D eigenvalue weighted by Gasteiger charge is 2.19. The van der Waals surface area contributed by atoms with Crippen LogP contribution in [0.2, 0.25) is 0 Å². The standard InChI is InChI=1S/C14H18N4/c1-18-14(7-9-17-18)16-10-11-6-8-15-13-5-3-2-4-12(11)13/h2-5,7,9,11,15-16H,6,8,10H2,1H3. The van der Waals surface area contributed by atoms with Crippen LogP contribution in [-0.4, -0.2) is 22.9 Å². The van der Waals surface area contributed by atoms with Gasteiger partial charge in [-0.3, -0.25) is 4.68 Å². The average Bonchev–Trinajstić information content (AvgIpc) is 2.82. The van der Waals surface area contributed by atoms with E-state index < -0.39 is 0 Å². The lowest BCUT2D eigenvalue weighted by Gasteiger charge is -2.27. The summed E-state index contributed by atoms with van der Waals surface area (Å²) in [6.45, 7) is 2.01. The van der Waals surface area contributed by atoms with Crippen molar-refractivity contribution in [3.63, 3.8) is 0 Å². The van der Waals surface area contributed by atoms with Crippen LogP contribution >= 0.6 is 0 Å². The van der Waals surface area contributed by atoms with Crippen LogP contribution in [0, 0.1) is 0 Å². The third kappa shape index (κ3) is 2.06. The lowest BCUT2D eigenvalue weighted by molar-refractivity contribution is 0.647. The van der Waals surface area contributed by atoms with E-state index in [-0.39, 0.29) is 0 Å². The maximum Gasteiger partial charge on any atom is 0.123 e. The molecule has 0 fully saturated rings. The monoisotopic (exact) mass is 242 g/mol. The number of fused-ring (bicyclic) bond motifs is 1. The van der Waals surface area contributed by atoms with Gasteiger partial charge in [-0.1, -0.05) is 18.2 Å². The van der Waals surface area contributed by atoms with Crippen LogP contribution in [0.1, 0.15) is 17.9 Å². The van der Waals surface area contributed by atoms with E-state index in [0.29, 0.717) is 5.92 Å². The number of rotatable bonds is 3. The molecule has 94 valence electrons. The first-order chi connectivity index (χ1) is 8.84. The Morgan fingerprint density at radius 3 is 3.11 bits per heavy atom. The normalized spacial score (nSPS) is 17.9. The molecule has 3 rings (SSSR count). The molecule has 0 radical (unpaired) electrons. The Kier molecular flexibility index (Phi) is 2.92. The van der Waals surface area contributed by atoms with Crippen molar-refractivity contribution in [1.29, 1.82) is 0 Å².